The molecule has 0 fully saturated rings. The average Bonchev–Trinajstić information content (AvgIpc) is 2.96. The lowest BCUT2D eigenvalue weighted by Crippen LogP contribution is -2.39. The van der Waals surface area contributed by atoms with Crippen LogP contribution in [0.4, 0.5) is 15.8 Å². The molecule has 0 spiro atoms. The van der Waals surface area contributed by atoms with E-state index in [1.807, 2.05) is 30.3 Å². The van der Waals surface area contributed by atoms with Crippen molar-refractivity contribution in [1.82, 2.24) is 5.32 Å². The van der Waals surface area contributed by atoms with Crippen LogP contribution in [-0.4, -0.2) is 33.9 Å². The van der Waals surface area contributed by atoms with E-state index in [0.717, 1.165) is 11.6 Å². The van der Waals surface area contributed by atoms with Gasteiger partial charge in [-0.25, -0.2) is 12.8 Å². The summed E-state index contributed by atoms with van der Waals surface area (Å²) in [6, 6.07) is 26.5. The van der Waals surface area contributed by atoms with Crippen LogP contribution in [0.2, 0.25) is 0 Å². The molecule has 0 heterocycles. The Balaban J connectivity index is 1.57. The standard InChI is InChI=1S/C29H26FN3O5S/c1-38-22-15-17-23(18-16-22)39(36,37)33(27-14-8-6-12-25(27)30)20-28(34)32-26-13-7-5-11-24(26)29(35)31-19-21-9-3-2-4-10-21/h2-18H,19-20H2,1H3,(H,31,35)(H,32,34). The molecule has 0 saturated heterocycles. The summed E-state index contributed by atoms with van der Waals surface area (Å²) in [5.74, 6) is -1.57. The number of methoxy groups -OCH3 is 1. The number of nitrogens with one attached hydrogen (secondary N) is 2. The van der Waals surface area contributed by atoms with E-state index in [1.54, 1.807) is 18.2 Å². The van der Waals surface area contributed by atoms with Crippen molar-refractivity contribution in [3.63, 3.8) is 0 Å². The molecular formula is C29H26FN3O5S. The largest absolute Gasteiger partial charge is 0.497 e. The van der Waals surface area contributed by atoms with Crippen molar-refractivity contribution in [3.8, 4) is 5.75 Å². The summed E-state index contributed by atoms with van der Waals surface area (Å²) in [6.07, 6.45) is 0. The molecular weight excluding hydrogens is 521 g/mol. The Morgan fingerprint density at radius 2 is 1.49 bits per heavy atom. The van der Waals surface area contributed by atoms with Gasteiger partial charge in [0.05, 0.1) is 28.9 Å². The summed E-state index contributed by atoms with van der Waals surface area (Å²) in [7, 11) is -2.91. The molecule has 4 rings (SSSR count). The van der Waals surface area contributed by atoms with Crippen LogP contribution in [0, 0.1) is 5.82 Å². The van der Waals surface area contributed by atoms with Gasteiger partial charge in [0, 0.05) is 6.54 Å². The van der Waals surface area contributed by atoms with Gasteiger partial charge in [0.1, 0.15) is 18.1 Å². The van der Waals surface area contributed by atoms with Crippen LogP contribution in [0.5, 0.6) is 5.75 Å². The number of sulfonamides is 1. The minimum absolute atomic E-state index is 0.153. The molecule has 0 aromatic heterocycles. The van der Waals surface area contributed by atoms with Crippen molar-refractivity contribution in [1.29, 1.82) is 0 Å². The lowest BCUT2D eigenvalue weighted by atomic mass is 10.1. The second kappa shape index (κ2) is 12.2. The molecule has 0 unspecified atom stereocenters. The molecule has 10 heteroatoms. The van der Waals surface area contributed by atoms with Gasteiger partial charge in [-0.2, -0.15) is 0 Å². The Labute approximate surface area is 226 Å². The molecule has 0 aliphatic carbocycles. The molecule has 0 radical (unpaired) electrons. The zero-order valence-corrected chi connectivity index (χ0v) is 21.8. The number of hydrogen-bond donors (Lipinski definition) is 2. The fourth-order valence-corrected chi connectivity index (χ4v) is 5.24. The van der Waals surface area contributed by atoms with Crippen molar-refractivity contribution < 1.29 is 27.1 Å². The average molecular weight is 548 g/mol. The summed E-state index contributed by atoms with van der Waals surface area (Å²) in [5, 5.41) is 5.40. The molecule has 2 N–H and O–H groups in total. The second-order valence-electron chi connectivity index (χ2n) is 8.40. The molecule has 8 nitrogen and oxygen atoms in total. The minimum atomic E-state index is -4.36. The van der Waals surface area contributed by atoms with E-state index in [0.29, 0.717) is 10.1 Å². The molecule has 4 aromatic carbocycles. The first-order chi connectivity index (χ1) is 18.8. The van der Waals surface area contributed by atoms with E-state index >= 15 is 0 Å². The summed E-state index contributed by atoms with van der Waals surface area (Å²) < 4.78 is 47.6. The van der Waals surface area contributed by atoms with Gasteiger partial charge in [-0.1, -0.05) is 54.6 Å². The van der Waals surface area contributed by atoms with Crippen molar-refractivity contribution >= 4 is 33.2 Å². The number of benzene rings is 4. The van der Waals surface area contributed by atoms with E-state index in [-0.39, 0.29) is 28.4 Å². The third-order valence-electron chi connectivity index (χ3n) is 5.80. The number of halogens is 1. The quantitative estimate of drug-likeness (QED) is 0.302. The fourth-order valence-electron chi connectivity index (χ4n) is 3.81. The number of hydrogen-bond acceptors (Lipinski definition) is 5. The van der Waals surface area contributed by atoms with Gasteiger partial charge in [-0.3, -0.25) is 13.9 Å². The lowest BCUT2D eigenvalue weighted by Gasteiger charge is -2.24. The van der Waals surface area contributed by atoms with Crippen molar-refractivity contribution in [2.75, 3.05) is 23.3 Å². The van der Waals surface area contributed by atoms with Crippen LogP contribution in [0.3, 0.4) is 0 Å². The minimum Gasteiger partial charge on any atom is -0.497 e. The molecule has 0 aliphatic heterocycles. The van der Waals surface area contributed by atoms with Crippen LogP contribution in [0.1, 0.15) is 15.9 Å². The first kappa shape index (κ1) is 27.3. The Bertz CT molecular complexity index is 1560. The Morgan fingerprint density at radius 3 is 2.18 bits per heavy atom. The summed E-state index contributed by atoms with van der Waals surface area (Å²) >= 11 is 0. The number of rotatable bonds is 10. The number of ether oxygens (including phenoxy) is 1. The van der Waals surface area contributed by atoms with E-state index in [1.165, 1.54) is 55.6 Å². The van der Waals surface area contributed by atoms with Crippen LogP contribution in [0.15, 0.2) is 108 Å². The third-order valence-corrected chi connectivity index (χ3v) is 7.57. The third kappa shape index (κ3) is 6.60. The van der Waals surface area contributed by atoms with Crippen molar-refractivity contribution in [2.24, 2.45) is 0 Å². The maximum Gasteiger partial charge on any atom is 0.264 e. The molecule has 0 saturated carbocycles. The number of para-hydroxylation sites is 2. The highest BCUT2D eigenvalue weighted by molar-refractivity contribution is 7.92. The normalized spacial score (nSPS) is 10.9. The SMILES string of the molecule is COc1ccc(S(=O)(=O)N(CC(=O)Nc2ccccc2C(=O)NCc2ccccc2)c2ccccc2F)cc1. The molecule has 200 valence electrons. The topological polar surface area (TPSA) is 105 Å². The van der Waals surface area contributed by atoms with Gasteiger partial charge in [-0.15, -0.1) is 0 Å². The molecule has 0 atom stereocenters. The molecule has 39 heavy (non-hydrogen) atoms. The predicted octanol–water partition coefficient (Wildman–Crippen LogP) is 4.60. The fraction of sp³-hybridized carbons (Fsp3) is 0.103. The number of amides is 2. The zero-order chi connectivity index (χ0) is 27.8. The highest BCUT2D eigenvalue weighted by atomic mass is 32.2. The van der Waals surface area contributed by atoms with Gasteiger partial charge in [0.2, 0.25) is 5.91 Å². The maximum absolute atomic E-state index is 14.8. The predicted molar refractivity (Wildman–Crippen MR) is 147 cm³/mol. The summed E-state index contributed by atoms with van der Waals surface area (Å²) in [4.78, 5) is 25.9. The number of carbonyl (C=O) groups is 2. The van der Waals surface area contributed by atoms with Crippen LogP contribution >= 0.6 is 0 Å². The van der Waals surface area contributed by atoms with E-state index in [9.17, 15) is 22.4 Å². The first-order valence-electron chi connectivity index (χ1n) is 11.9. The summed E-state index contributed by atoms with van der Waals surface area (Å²) in [5.41, 5.74) is 0.981. The number of nitrogens with zero attached hydrogens (tertiary/aromatic N) is 1. The van der Waals surface area contributed by atoms with Crippen molar-refractivity contribution in [2.45, 2.75) is 11.4 Å². The van der Waals surface area contributed by atoms with Crippen molar-refractivity contribution in [3.05, 3.63) is 120 Å². The maximum atomic E-state index is 14.8. The molecule has 2 amide bonds. The monoisotopic (exact) mass is 547 g/mol. The number of anilines is 2. The zero-order valence-electron chi connectivity index (χ0n) is 21.0. The summed E-state index contributed by atoms with van der Waals surface area (Å²) in [6.45, 7) is -0.460. The highest BCUT2D eigenvalue weighted by Crippen LogP contribution is 2.27. The Hall–Kier alpha value is -4.70. The van der Waals surface area contributed by atoms with E-state index < -0.39 is 34.2 Å². The Kier molecular flexibility index (Phi) is 8.57. The van der Waals surface area contributed by atoms with Gasteiger partial charge >= 0.3 is 0 Å². The van der Waals surface area contributed by atoms with E-state index in [2.05, 4.69) is 10.6 Å². The molecule has 4 aromatic rings. The number of carbonyl (C=O) groups excluding carboxylic acids is 2. The van der Waals surface area contributed by atoms with Crippen LogP contribution < -0.4 is 19.7 Å². The lowest BCUT2D eigenvalue weighted by molar-refractivity contribution is -0.114. The molecule has 0 aliphatic rings. The first-order valence-corrected chi connectivity index (χ1v) is 13.4. The second-order valence-corrected chi connectivity index (χ2v) is 10.3. The van der Waals surface area contributed by atoms with Crippen LogP contribution in [0.25, 0.3) is 0 Å². The van der Waals surface area contributed by atoms with E-state index in [4.69, 9.17) is 4.74 Å². The Morgan fingerprint density at radius 1 is 0.846 bits per heavy atom. The van der Waals surface area contributed by atoms with Gasteiger partial charge in [0.15, 0.2) is 0 Å². The van der Waals surface area contributed by atoms with Gasteiger partial charge in [0.25, 0.3) is 15.9 Å². The van der Waals surface area contributed by atoms with Gasteiger partial charge in [-0.05, 0) is 54.1 Å². The highest BCUT2D eigenvalue weighted by Gasteiger charge is 2.29. The smallest absolute Gasteiger partial charge is 0.264 e. The van der Waals surface area contributed by atoms with Gasteiger partial charge < -0.3 is 15.4 Å². The van der Waals surface area contributed by atoms with Crippen LogP contribution in [-0.2, 0) is 21.4 Å². The molecule has 0 bridgehead atoms.